The summed E-state index contributed by atoms with van der Waals surface area (Å²) in [6.07, 6.45) is 12.8. The van der Waals surface area contributed by atoms with Gasteiger partial charge >= 0.3 is 0 Å². The van der Waals surface area contributed by atoms with Crippen molar-refractivity contribution in [2.75, 3.05) is 50.5 Å². The second kappa shape index (κ2) is 16.4. The number of fused-ring (bicyclic) bond motifs is 4. The molecule has 3 aromatic heterocycles. The van der Waals surface area contributed by atoms with E-state index in [1.807, 2.05) is 48.2 Å². The minimum absolute atomic E-state index is 0.0210. The van der Waals surface area contributed by atoms with Crippen LogP contribution >= 0.6 is 0 Å². The van der Waals surface area contributed by atoms with Crippen molar-refractivity contribution in [1.82, 2.24) is 29.7 Å². The van der Waals surface area contributed by atoms with Gasteiger partial charge in [0.2, 0.25) is 0 Å². The number of hydrogen-bond acceptors (Lipinski definition) is 9. The first-order valence-corrected chi connectivity index (χ1v) is 24.0. The van der Waals surface area contributed by atoms with Gasteiger partial charge in [-0.25, -0.2) is 27.3 Å². The number of nitrogens with zero attached hydrogens (tertiary/aromatic N) is 6. The third-order valence-electron chi connectivity index (χ3n) is 13.3. The summed E-state index contributed by atoms with van der Waals surface area (Å²) >= 11 is 0. The lowest BCUT2D eigenvalue weighted by molar-refractivity contribution is 0.0642. The molecule has 2 aliphatic heterocycles. The van der Waals surface area contributed by atoms with Crippen LogP contribution in [-0.4, -0.2) is 97.3 Å². The lowest BCUT2D eigenvalue weighted by atomic mass is 9.87. The summed E-state index contributed by atoms with van der Waals surface area (Å²) in [5.41, 5.74) is 4.54. The number of H-pyrrole nitrogens is 1. The second-order valence-electron chi connectivity index (χ2n) is 18.6. The Labute approximate surface area is 363 Å². The van der Waals surface area contributed by atoms with Crippen LogP contribution in [0.4, 0.5) is 19.0 Å². The lowest BCUT2D eigenvalue weighted by Crippen LogP contribution is -2.52. The van der Waals surface area contributed by atoms with E-state index in [2.05, 4.69) is 38.8 Å². The maximum atomic E-state index is 16.2. The fourth-order valence-corrected chi connectivity index (χ4v) is 11.4. The van der Waals surface area contributed by atoms with Crippen LogP contribution < -0.4 is 9.64 Å². The van der Waals surface area contributed by atoms with Crippen LogP contribution in [0.5, 0.6) is 5.75 Å². The molecule has 2 N–H and O–H groups in total. The van der Waals surface area contributed by atoms with E-state index in [1.165, 1.54) is 32.2 Å². The Kier molecular flexibility index (Phi) is 11.2. The number of hydrogen-bond donors (Lipinski definition) is 2. The third kappa shape index (κ3) is 8.14. The van der Waals surface area contributed by atoms with Crippen LogP contribution in [0.2, 0.25) is 0 Å². The van der Waals surface area contributed by atoms with Crippen LogP contribution in [0, 0.1) is 16.4 Å². The number of pyridine rings is 1. The van der Waals surface area contributed by atoms with Crippen LogP contribution in [-0.2, 0) is 27.3 Å². The topological polar surface area (TPSA) is 114 Å². The number of rotatable bonds is 14. The van der Waals surface area contributed by atoms with E-state index in [4.69, 9.17) is 19.5 Å². The Morgan fingerprint density at radius 1 is 1.02 bits per heavy atom. The number of unbranched alkanes of at least 4 members (excludes halogenated alkanes) is 2. The molecule has 0 radical (unpaired) electrons. The number of aromatic amines is 1. The SMILES string of the molecule is C[C@@H]1CN(CCCCCOc2cc(F)c([C@@H]3c4[nH]c5ccccc5c4C[C@@H](C)N3CC(C)(C)F)c(F)c2)CCN1c1cc(C2([S@](C)(=N)=O)CC2)nc(-c2ccnc3c2C=CC3)n1. The average molecular weight is 867 g/mol. The van der Waals surface area contributed by atoms with E-state index in [0.717, 1.165) is 91.0 Å². The van der Waals surface area contributed by atoms with Crippen molar-refractivity contribution in [2.24, 2.45) is 0 Å². The zero-order valence-corrected chi connectivity index (χ0v) is 37.1. The first kappa shape index (κ1) is 42.5. The maximum Gasteiger partial charge on any atom is 0.162 e. The molecule has 0 spiro atoms. The molecule has 0 amide bonds. The molecule has 9 rings (SSSR count). The van der Waals surface area contributed by atoms with Gasteiger partial charge < -0.3 is 14.6 Å². The Morgan fingerprint density at radius 2 is 1.79 bits per heavy atom. The Morgan fingerprint density at radius 3 is 2.52 bits per heavy atom. The molecular weight excluding hydrogens is 810 g/mol. The fourth-order valence-electron chi connectivity index (χ4n) is 10.0. The molecule has 5 heterocycles. The normalized spacial score (nSPS) is 22.1. The van der Waals surface area contributed by atoms with Crippen molar-refractivity contribution < 1.29 is 22.1 Å². The predicted molar refractivity (Wildman–Crippen MR) is 240 cm³/mol. The summed E-state index contributed by atoms with van der Waals surface area (Å²) in [5.74, 6) is 0.112. The summed E-state index contributed by atoms with van der Waals surface area (Å²) < 4.78 is 74.5. The minimum atomic E-state index is -2.89. The molecule has 14 heteroatoms. The molecule has 2 aliphatic carbocycles. The molecule has 328 valence electrons. The highest BCUT2D eigenvalue weighted by Gasteiger charge is 2.53. The summed E-state index contributed by atoms with van der Waals surface area (Å²) in [5, 5.41) is 1.02. The van der Waals surface area contributed by atoms with Crippen LogP contribution in [0.15, 0.2) is 60.8 Å². The molecule has 0 unspecified atom stereocenters. The highest BCUT2D eigenvalue weighted by molar-refractivity contribution is 7.93. The Balaban J connectivity index is 0.820. The zero-order chi connectivity index (χ0) is 43.6. The average Bonchev–Trinajstić information content (AvgIpc) is 3.78. The van der Waals surface area contributed by atoms with Gasteiger partial charge in [0.05, 0.1) is 38.5 Å². The quantitative estimate of drug-likeness (QED) is 0.106. The molecule has 4 atom stereocenters. The monoisotopic (exact) mass is 866 g/mol. The number of aromatic nitrogens is 4. The summed E-state index contributed by atoms with van der Waals surface area (Å²) in [6, 6.07) is 13.5. The molecular formula is C48H57F3N8O2S. The largest absolute Gasteiger partial charge is 0.493 e. The zero-order valence-electron chi connectivity index (χ0n) is 36.3. The molecule has 0 bridgehead atoms. The number of nitrogens with one attached hydrogen (secondary N) is 2. The number of para-hydroxylation sites is 1. The first-order chi connectivity index (χ1) is 29.6. The van der Waals surface area contributed by atoms with Crippen molar-refractivity contribution in [1.29, 1.82) is 4.78 Å². The van der Waals surface area contributed by atoms with Gasteiger partial charge in [-0.05, 0) is 90.5 Å². The Bertz CT molecular complexity index is 2620. The maximum absolute atomic E-state index is 16.2. The van der Waals surface area contributed by atoms with Crippen molar-refractivity contribution in [3.63, 3.8) is 0 Å². The number of anilines is 1. The number of allylic oxidation sites excluding steroid dienone is 1. The summed E-state index contributed by atoms with van der Waals surface area (Å²) in [7, 11) is -2.89. The highest BCUT2D eigenvalue weighted by atomic mass is 32.2. The Hall–Kier alpha value is -4.79. The molecule has 2 aromatic carbocycles. The molecule has 2 fully saturated rings. The van der Waals surface area contributed by atoms with E-state index in [0.29, 0.717) is 43.1 Å². The molecule has 10 nitrogen and oxygen atoms in total. The first-order valence-electron chi connectivity index (χ1n) is 22.0. The lowest BCUT2D eigenvalue weighted by Gasteiger charge is -2.43. The smallest absolute Gasteiger partial charge is 0.162 e. The van der Waals surface area contributed by atoms with Gasteiger partial charge in [-0.2, -0.15) is 0 Å². The minimum Gasteiger partial charge on any atom is -0.493 e. The van der Waals surface area contributed by atoms with Crippen molar-refractivity contribution in [3.05, 3.63) is 106 Å². The number of halogens is 3. The van der Waals surface area contributed by atoms with Gasteiger partial charge in [-0.15, -0.1) is 0 Å². The van der Waals surface area contributed by atoms with E-state index in [1.54, 1.807) is 6.20 Å². The van der Waals surface area contributed by atoms with Crippen molar-refractivity contribution >= 4 is 32.5 Å². The van der Waals surface area contributed by atoms with Crippen LogP contribution in [0.3, 0.4) is 0 Å². The number of ether oxygens (including phenoxy) is 1. The van der Waals surface area contributed by atoms with Crippen molar-refractivity contribution in [3.8, 4) is 17.1 Å². The number of piperazine rings is 1. The molecule has 4 aliphatic rings. The molecule has 5 aromatic rings. The molecule has 62 heavy (non-hydrogen) atoms. The van der Waals surface area contributed by atoms with E-state index in [-0.39, 0.29) is 29.9 Å². The number of alkyl halides is 1. The van der Waals surface area contributed by atoms with Crippen LogP contribution in [0.1, 0.15) is 99.6 Å². The predicted octanol–water partition coefficient (Wildman–Crippen LogP) is 9.38. The van der Waals surface area contributed by atoms with Gasteiger partial charge in [-0.1, -0.05) is 30.4 Å². The molecule has 1 saturated carbocycles. The molecule has 1 saturated heterocycles. The van der Waals surface area contributed by atoms with Gasteiger partial charge in [0, 0.05) is 109 Å². The van der Waals surface area contributed by atoms with Gasteiger partial charge in [0.1, 0.15) is 28.9 Å². The standard InChI is InChI=1S/C48H57F3N8O2S/c1-30-24-36-34-12-7-8-14-40(34)54-44(36)45(59(30)29-47(3,4)51)43-37(49)25-32(26-38(43)50)61-23-10-6-9-20-57-21-22-58(31(2)28-57)42-27-41(48(17-18-48)62(5,52)60)55-46(56-42)35-16-19-53-39-15-11-13-33(35)39/h7-8,11-14,16,19,25-27,30-31,45,52,54H,6,9-10,15,17-18,20-24,28-29H2,1-5H3/t30-,31-,45-,62-/m1/s1. The summed E-state index contributed by atoms with van der Waals surface area (Å²) in [6.45, 7) is 10.9. The van der Waals surface area contributed by atoms with Gasteiger partial charge in [0.15, 0.2) is 5.82 Å². The highest BCUT2D eigenvalue weighted by Crippen LogP contribution is 2.53. The van der Waals surface area contributed by atoms with Crippen LogP contribution in [0.25, 0.3) is 28.4 Å². The fraction of sp³-hybridized carbons (Fsp3) is 0.479. The number of benzene rings is 2. The third-order valence-corrected chi connectivity index (χ3v) is 15.4. The van der Waals surface area contributed by atoms with Gasteiger partial charge in [0.25, 0.3) is 0 Å². The van der Waals surface area contributed by atoms with Gasteiger partial charge in [-0.3, -0.25) is 19.6 Å². The van der Waals surface area contributed by atoms with E-state index < -0.39 is 37.8 Å². The summed E-state index contributed by atoms with van der Waals surface area (Å²) in [4.78, 5) is 24.7. The second-order valence-corrected chi connectivity index (χ2v) is 21.0. The van der Waals surface area contributed by atoms with E-state index >= 15 is 13.2 Å². The van der Waals surface area contributed by atoms with E-state index in [9.17, 15) is 4.21 Å². The van der Waals surface area contributed by atoms with Crippen molar-refractivity contribution in [2.45, 2.75) is 101 Å².